The molecule has 90 valence electrons. The molecule has 0 amide bonds. The summed E-state index contributed by atoms with van der Waals surface area (Å²) in [5, 5.41) is 8.84. The zero-order valence-corrected chi connectivity index (χ0v) is 9.73. The third-order valence-electron chi connectivity index (χ3n) is 2.61. The van der Waals surface area contributed by atoms with E-state index in [9.17, 15) is 4.79 Å². The van der Waals surface area contributed by atoms with Crippen LogP contribution in [0.4, 0.5) is 0 Å². The third-order valence-corrected chi connectivity index (χ3v) is 2.61. The Morgan fingerprint density at radius 1 is 1.65 bits per heavy atom. The first-order valence-electron chi connectivity index (χ1n) is 5.40. The molecule has 0 aromatic carbocycles. The highest BCUT2D eigenvalue weighted by molar-refractivity contribution is 5.69. The van der Waals surface area contributed by atoms with Crippen LogP contribution in [0.1, 0.15) is 18.4 Å². The molecule has 2 N–H and O–H groups in total. The summed E-state index contributed by atoms with van der Waals surface area (Å²) in [5.74, 6) is 0.0837. The van der Waals surface area contributed by atoms with Crippen LogP contribution in [0.5, 0.6) is 0 Å². The van der Waals surface area contributed by atoms with Gasteiger partial charge in [-0.3, -0.25) is 4.79 Å². The van der Waals surface area contributed by atoms with E-state index in [1.54, 1.807) is 19.3 Å². The van der Waals surface area contributed by atoms with Crippen molar-refractivity contribution >= 4 is 5.97 Å². The van der Waals surface area contributed by atoms with Crippen molar-refractivity contribution < 1.29 is 14.3 Å². The van der Waals surface area contributed by atoms with Crippen LogP contribution in [0.3, 0.4) is 0 Å². The van der Waals surface area contributed by atoms with Crippen LogP contribution in [0.2, 0.25) is 0 Å². The summed E-state index contributed by atoms with van der Waals surface area (Å²) >= 11 is 0. The van der Waals surface area contributed by atoms with E-state index in [2.05, 4.69) is 9.97 Å². The molecule has 2 heterocycles. The monoisotopic (exact) mass is 234 g/mol. The summed E-state index contributed by atoms with van der Waals surface area (Å²) in [6.45, 7) is 3.55. The topological polar surface area (TPSA) is 79.1 Å². The SMILES string of the molecule is Cc1[nH]c(CC(C)C(=O)O)nc1-c1ccco1. The lowest BCUT2D eigenvalue weighted by molar-refractivity contribution is -0.141. The Morgan fingerprint density at radius 3 is 3.00 bits per heavy atom. The minimum absolute atomic E-state index is 0.386. The molecule has 0 saturated heterocycles. The normalized spacial score (nSPS) is 12.6. The average Bonchev–Trinajstić information content (AvgIpc) is 2.87. The van der Waals surface area contributed by atoms with Crippen molar-refractivity contribution in [3.05, 3.63) is 29.9 Å². The highest BCUT2D eigenvalue weighted by Gasteiger charge is 2.16. The summed E-state index contributed by atoms with van der Waals surface area (Å²) in [7, 11) is 0. The Labute approximate surface area is 98.5 Å². The number of hydrogen-bond donors (Lipinski definition) is 2. The molecule has 2 aromatic heterocycles. The summed E-state index contributed by atoms with van der Waals surface area (Å²) in [6, 6.07) is 3.62. The van der Waals surface area contributed by atoms with Crippen LogP contribution in [0.15, 0.2) is 22.8 Å². The second kappa shape index (κ2) is 4.45. The Morgan fingerprint density at radius 2 is 2.41 bits per heavy atom. The molecule has 1 atom stereocenters. The number of nitrogens with one attached hydrogen (secondary N) is 1. The highest BCUT2D eigenvalue weighted by Crippen LogP contribution is 2.22. The fourth-order valence-electron chi connectivity index (χ4n) is 1.65. The summed E-state index contributed by atoms with van der Waals surface area (Å²) in [5.41, 5.74) is 1.62. The van der Waals surface area contributed by atoms with E-state index in [4.69, 9.17) is 9.52 Å². The number of carboxylic acids is 1. The van der Waals surface area contributed by atoms with Crippen LogP contribution in [-0.4, -0.2) is 21.0 Å². The second-order valence-corrected chi connectivity index (χ2v) is 4.08. The summed E-state index contributed by atoms with van der Waals surface area (Å²) in [6.07, 6.45) is 1.97. The molecule has 2 rings (SSSR count). The molecule has 0 saturated carbocycles. The highest BCUT2D eigenvalue weighted by atomic mass is 16.4. The Bertz CT molecular complexity index is 514. The van der Waals surface area contributed by atoms with Gasteiger partial charge in [0.1, 0.15) is 11.5 Å². The van der Waals surface area contributed by atoms with Gasteiger partial charge in [-0.05, 0) is 19.1 Å². The number of aromatic amines is 1. The molecule has 5 heteroatoms. The van der Waals surface area contributed by atoms with Gasteiger partial charge in [-0.1, -0.05) is 6.92 Å². The molecule has 0 fully saturated rings. The van der Waals surface area contributed by atoms with Gasteiger partial charge in [-0.25, -0.2) is 4.98 Å². The largest absolute Gasteiger partial charge is 0.481 e. The van der Waals surface area contributed by atoms with Crippen LogP contribution >= 0.6 is 0 Å². The zero-order chi connectivity index (χ0) is 12.4. The Kier molecular flexibility index (Phi) is 2.99. The van der Waals surface area contributed by atoms with E-state index in [-0.39, 0.29) is 0 Å². The van der Waals surface area contributed by atoms with Crippen LogP contribution in [0, 0.1) is 12.8 Å². The molecule has 0 aliphatic rings. The predicted molar refractivity (Wildman–Crippen MR) is 61.5 cm³/mol. The van der Waals surface area contributed by atoms with Gasteiger partial charge in [0, 0.05) is 12.1 Å². The third kappa shape index (κ3) is 2.38. The van der Waals surface area contributed by atoms with E-state index in [0.717, 1.165) is 11.4 Å². The lowest BCUT2D eigenvalue weighted by atomic mass is 10.1. The molecule has 0 spiro atoms. The van der Waals surface area contributed by atoms with Crippen molar-refractivity contribution in [3.8, 4) is 11.5 Å². The summed E-state index contributed by atoms with van der Waals surface area (Å²) in [4.78, 5) is 18.2. The van der Waals surface area contributed by atoms with Crippen molar-refractivity contribution in [2.45, 2.75) is 20.3 Å². The molecular weight excluding hydrogens is 220 g/mol. The lowest BCUT2D eigenvalue weighted by Gasteiger charge is -2.01. The van der Waals surface area contributed by atoms with Crippen molar-refractivity contribution in [2.75, 3.05) is 0 Å². The van der Waals surface area contributed by atoms with Gasteiger partial charge < -0.3 is 14.5 Å². The fourth-order valence-corrected chi connectivity index (χ4v) is 1.65. The van der Waals surface area contributed by atoms with E-state index in [1.807, 2.05) is 13.0 Å². The maximum atomic E-state index is 10.8. The van der Waals surface area contributed by atoms with Crippen LogP contribution < -0.4 is 0 Å². The van der Waals surface area contributed by atoms with E-state index < -0.39 is 11.9 Å². The van der Waals surface area contributed by atoms with E-state index in [1.165, 1.54) is 0 Å². The van der Waals surface area contributed by atoms with Crippen molar-refractivity contribution in [1.29, 1.82) is 0 Å². The Balaban J connectivity index is 2.22. The molecule has 17 heavy (non-hydrogen) atoms. The molecular formula is C12H14N2O3. The minimum atomic E-state index is -0.821. The first-order valence-corrected chi connectivity index (χ1v) is 5.40. The number of carboxylic acid groups (broad SMARTS) is 1. The maximum absolute atomic E-state index is 10.8. The molecule has 0 radical (unpaired) electrons. The smallest absolute Gasteiger partial charge is 0.306 e. The molecule has 0 aliphatic heterocycles. The zero-order valence-electron chi connectivity index (χ0n) is 9.73. The van der Waals surface area contributed by atoms with Gasteiger partial charge in [-0.2, -0.15) is 0 Å². The predicted octanol–water partition coefficient (Wildman–Crippen LogP) is 2.24. The van der Waals surface area contributed by atoms with E-state index in [0.29, 0.717) is 18.0 Å². The van der Waals surface area contributed by atoms with Crippen molar-refractivity contribution in [1.82, 2.24) is 9.97 Å². The van der Waals surface area contributed by atoms with Crippen LogP contribution in [-0.2, 0) is 11.2 Å². The number of aromatic nitrogens is 2. The number of carbonyl (C=O) groups is 1. The van der Waals surface area contributed by atoms with Gasteiger partial charge in [0.15, 0.2) is 5.76 Å². The second-order valence-electron chi connectivity index (χ2n) is 4.08. The van der Waals surface area contributed by atoms with Crippen LogP contribution in [0.25, 0.3) is 11.5 Å². The quantitative estimate of drug-likeness (QED) is 0.850. The number of aryl methyl sites for hydroxylation is 1. The fraction of sp³-hybridized carbons (Fsp3) is 0.333. The number of H-pyrrole nitrogens is 1. The van der Waals surface area contributed by atoms with Gasteiger partial charge in [0.2, 0.25) is 0 Å². The first-order chi connectivity index (χ1) is 8.08. The Hall–Kier alpha value is -2.04. The first kappa shape index (κ1) is 11.4. The summed E-state index contributed by atoms with van der Waals surface area (Å²) < 4.78 is 5.27. The number of furan rings is 1. The molecule has 0 aliphatic carbocycles. The lowest BCUT2D eigenvalue weighted by Crippen LogP contribution is -2.13. The van der Waals surface area contributed by atoms with Gasteiger partial charge >= 0.3 is 5.97 Å². The number of rotatable bonds is 4. The number of imidazole rings is 1. The molecule has 5 nitrogen and oxygen atoms in total. The number of hydrogen-bond acceptors (Lipinski definition) is 3. The van der Waals surface area contributed by atoms with E-state index >= 15 is 0 Å². The average molecular weight is 234 g/mol. The maximum Gasteiger partial charge on any atom is 0.306 e. The van der Waals surface area contributed by atoms with Gasteiger partial charge in [-0.15, -0.1) is 0 Å². The van der Waals surface area contributed by atoms with Crippen molar-refractivity contribution in [2.24, 2.45) is 5.92 Å². The molecule has 0 bridgehead atoms. The minimum Gasteiger partial charge on any atom is -0.481 e. The van der Waals surface area contributed by atoms with Gasteiger partial charge in [0.05, 0.1) is 12.2 Å². The molecule has 2 aromatic rings. The van der Waals surface area contributed by atoms with Crippen molar-refractivity contribution in [3.63, 3.8) is 0 Å². The molecule has 1 unspecified atom stereocenters. The van der Waals surface area contributed by atoms with Gasteiger partial charge in [0.25, 0.3) is 0 Å². The standard InChI is InChI=1S/C12H14N2O3/c1-7(12(15)16)6-10-13-8(2)11(14-10)9-4-3-5-17-9/h3-5,7H,6H2,1-2H3,(H,13,14)(H,15,16). The number of aliphatic carboxylic acids is 1. The number of nitrogens with zero attached hydrogens (tertiary/aromatic N) is 1.